The number of hydrogen-bond donors (Lipinski definition) is 1. The summed E-state index contributed by atoms with van der Waals surface area (Å²) >= 11 is 0. The summed E-state index contributed by atoms with van der Waals surface area (Å²) in [6, 6.07) is 0. The molecule has 0 spiro atoms. The highest BCUT2D eigenvalue weighted by atomic mass is 16.5. The van der Waals surface area contributed by atoms with Crippen molar-refractivity contribution in [3.8, 4) is 0 Å². The van der Waals surface area contributed by atoms with Crippen LogP contribution in [0.25, 0.3) is 0 Å². The fraction of sp³-hybridized carbons (Fsp3) is 0.950. The van der Waals surface area contributed by atoms with Gasteiger partial charge in [0.15, 0.2) is 0 Å². The van der Waals surface area contributed by atoms with Gasteiger partial charge in [0.2, 0.25) is 0 Å². The smallest absolute Gasteiger partial charge is 0.305 e. The van der Waals surface area contributed by atoms with E-state index in [0.29, 0.717) is 18.9 Å². The van der Waals surface area contributed by atoms with Crippen LogP contribution >= 0.6 is 0 Å². The SMILES string of the molecule is CCOC(=O)CCCCCCCCCCCC[C@@H](C)[C@@H](O)CC. The van der Waals surface area contributed by atoms with E-state index in [1.54, 1.807) is 0 Å². The summed E-state index contributed by atoms with van der Waals surface area (Å²) in [5.74, 6) is 0.405. The van der Waals surface area contributed by atoms with Crippen molar-refractivity contribution >= 4 is 5.97 Å². The number of esters is 1. The first-order valence-corrected chi connectivity index (χ1v) is 9.95. The second kappa shape index (κ2) is 16.3. The zero-order valence-electron chi connectivity index (χ0n) is 15.8. The molecule has 0 saturated heterocycles. The van der Waals surface area contributed by atoms with Gasteiger partial charge in [-0.3, -0.25) is 4.79 Å². The van der Waals surface area contributed by atoms with Gasteiger partial charge in [-0.2, -0.15) is 0 Å². The minimum atomic E-state index is -0.112. The van der Waals surface area contributed by atoms with E-state index in [9.17, 15) is 9.90 Å². The third kappa shape index (κ3) is 14.7. The molecule has 0 bridgehead atoms. The monoisotopic (exact) mass is 328 g/mol. The number of carbonyl (C=O) groups excluding carboxylic acids is 1. The fourth-order valence-corrected chi connectivity index (χ4v) is 2.98. The summed E-state index contributed by atoms with van der Waals surface area (Å²) in [6.07, 6.45) is 15.1. The van der Waals surface area contributed by atoms with Gasteiger partial charge in [0.1, 0.15) is 0 Å². The van der Waals surface area contributed by atoms with E-state index in [1.807, 2.05) is 6.92 Å². The lowest BCUT2D eigenvalue weighted by molar-refractivity contribution is -0.143. The molecule has 0 unspecified atom stereocenters. The first-order valence-electron chi connectivity index (χ1n) is 9.95. The molecule has 23 heavy (non-hydrogen) atoms. The second-order valence-electron chi connectivity index (χ2n) is 6.83. The van der Waals surface area contributed by atoms with Crippen LogP contribution in [0.1, 0.15) is 104 Å². The van der Waals surface area contributed by atoms with Crippen molar-refractivity contribution < 1.29 is 14.6 Å². The van der Waals surface area contributed by atoms with Gasteiger partial charge in [0.25, 0.3) is 0 Å². The van der Waals surface area contributed by atoms with Crippen molar-refractivity contribution in [2.45, 2.75) is 110 Å². The number of ether oxygens (including phenoxy) is 1. The number of carbonyl (C=O) groups is 1. The minimum absolute atomic E-state index is 0.0479. The molecule has 138 valence electrons. The predicted molar refractivity (Wildman–Crippen MR) is 97.5 cm³/mol. The van der Waals surface area contributed by atoms with Crippen LogP contribution in [0.2, 0.25) is 0 Å². The maximum Gasteiger partial charge on any atom is 0.305 e. The first kappa shape index (κ1) is 22.4. The lowest BCUT2D eigenvalue weighted by Crippen LogP contribution is -2.15. The summed E-state index contributed by atoms with van der Waals surface area (Å²) in [4.78, 5) is 11.2. The Kier molecular flexibility index (Phi) is 15.9. The third-order valence-electron chi connectivity index (χ3n) is 4.67. The second-order valence-corrected chi connectivity index (χ2v) is 6.83. The van der Waals surface area contributed by atoms with Gasteiger partial charge in [-0.1, -0.05) is 71.6 Å². The van der Waals surface area contributed by atoms with Gasteiger partial charge >= 0.3 is 5.97 Å². The highest BCUT2D eigenvalue weighted by Crippen LogP contribution is 2.17. The Morgan fingerprint density at radius 1 is 0.870 bits per heavy atom. The number of aliphatic hydroxyl groups excluding tert-OH is 1. The average molecular weight is 329 g/mol. The number of aliphatic hydroxyl groups is 1. The van der Waals surface area contributed by atoms with E-state index in [1.165, 1.54) is 51.4 Å². The van der Waals surface area contributed by atoms with Crippen molar-refractivity contribution in [2.24, 2.45) is 5.92 Å². The molecule has 0 aromatic heterocycles. The molecule has 0 rings (SSSR count). The Labute approximate surface area is 144 Å². The highest BCUT2D eigenvalue weighted by molar-refractivity contribution is 5.69. The molecule has 0 aliphatic heterocycles. The van der Waals surface area contributed by atoms with Gasteiger partial charge in [0.05, 0.1) is 12.7 Å². The van der Waals surface area contributed by atoms with E-state index in [4.69, 9.17) is 4.74 Å². The van der Waals surface area contributed by atoms with Crippen LogP contribution in [0, 0.1) is 5.92 Å². The molecule has 0 saturated carbocycles. The Morgan fingerprint density at radius 3 is 1.83 bits per heavy atom. The summed E-state index contributed by atoms with van der Waals surface area (Å²) in [5, 5.41) is 9.72. The van der Waals surface area contributed by atoms with Gasteiger partial charge in [-0.05, 0) is 32.1 Å². The van der Waals surface area contributed by atoms with Crippen LogP contribution in [-0.2, 0) is 9.53 Å². The summed E-state index contributed by atoms with van der Waals surface area (Å²) in [6.45, 7) is 6.57. The van der Waals surface area contributed by atoms with Gasteiger partial charge in [-0.15, -0.1) is 0 Å². The zero-order valence-corrected chi connectivity index (χ0v) is 15.8. The molecule has 3 nitrogen and oxygen atoms in total. The minimum Gasteiger partial charge on any atom is -0.466 e. The first-order chi connectivity index (χ1) is 11.1. The summed E-state index contributed by atoms with van der Waals surface area (Å²) < 4.78 is 4.91. The third-order valence-corrected chi connectivity index (χ3v) is 4.67. The van der Waals surface area contributed by atoms with Crippen molar-refractivity contribution in [3.05, 3.63) is 0 Å². The molecular weight excluding hydrogens is 288 g/mol. The molecule has 0 aromatic carbocycles. The van der Waals surface area contributed by atoms with Crippen molar-refractivity contribution in [1.82, 2.24) is 0 Å². The number of unbranched alkanes of at least 4 members (excludes halogenated alkanes) is 9. The molecule has 0 radical (unpaired) electrons. The quantitative estimate of drug-likeness (QED) is 0.295. The Balaban J connectivity index is 3.18. The van der Waals surface area contributed by atoms with Gasteiger partial charge in [-0.25, -0.2) is 0 Å². The summed E-state index contributed by atoms with van der Waals surface area (Å²) in [7, 11) is 0. The lowest BCUT2D eigenvalue weighted by atomic mass is 9.95. The van der Waals surface area contributed by atoms with Crippen LogP contribution in [0.4, 0.5) is 0 Å². The van der Waals surface area contributed by atoms with Crippen molar-refractivity contribution in [2.75, 3.05) is 6.61 Å². The van der Waals surface area contributed by atoms with E-state index < -0.39 is 0 Å². The Morgan fingerprint density at radius 2 is 1.35 bits per heavy atom. The van der Waals surface area contributed by atoms with Crippen molar-refractivity contribution in [1.29, 1.82) is 0 Å². The maximum atomic E-state index is 11.2. The molecule has 3 heteroatoms. The molecule has 0 aliphatic carbocycles. The highest BCUT2D eigenvalue weighted by Gasteiger charge is 2.10. The van der Waals surface area contributed by atoms with Crippen LogP contribution in [0.15, 0.2) is 0 Å². The van der Waals surface area contributed by atoms with Crippen molar-refractivity contribution in [3.63, 3.8) is 0 Å². The van der Waals surface area contributed by atoms with Crippen LogP contribution in [0.5, 0.6) is 0 Å². The number of rotatable bonds is 16. The normalized spacial score (nSPS) is 13.7. The molecular formula is C20H40O3. The molecule has 1 N–H and O–H groups in total. The van der Waals surface area contributed by atoms with Crippen LogP contribution in [-0.4, -0.2) is 23.8 Å². The zero-order chi connectivity index (χ0) is 17.3. The average Bonchev–Trinajstić information content (AvgIpc) is 2.55. The fourth-order valence-electron chi connectivity index (χ4n) is 2.98. The van der Waals surface area contributed by atoms with Crippen LogP contribution < -0.4 is 0 Å². The van der Waals surface area contributed by atoms with E-state index in [2.05, 4.69) is 13.8 Å². The standard InChI is InChI=1S/C20H40O3/c1-4-19(21)18(3)16-14-12-10-8-6-7-9-11-13-15-17-20(22)23-5-2/h18-19,21H,4-17H2,1-3H3/t18-,19+/m1/s1. The van der Waals surface area contributed by atoms with Gasteiger partial charge < -0.3 is 9.84 Å². The Hall–Kier alpha value is -0.570. The Bertz CT molecular complexity index is 266. The topological polar surface area (TPSA) is 46.5 Å². The van der Waals surface area contributed by atoms with E-state index in [0.717, 1.165) is 25.7 Å². The van der Waals surface area contributed by atoms with E-state index >= 15 is 0 Å². The van der Waals surface area contributed by atoms with Gasteiger partial charge in [0, 0.05) is 6.42 Å². The molecule has 2 atom stereocenters. The largest absolute Gasteiger partial charge is 0.466 e. The van der Waals surface area contributed by atoms with Crippen LogP contribution in [0.3, 0.4) is 0 Å². The molecule has 0 aromatic rings. The molecule has 0 fully saturated rings. The number of hydrogen-bond acceptors (Lipinski definition) is 3. The maximum absolute atomic E-state index is 11.2. The lowest BCUT2D eigenvalue weighted by Gasteiger charge is -2.16. The predicted octanol–water partition coefficient (Wildman–Crippen LogP) is 5.64. The molecule has 0 aliphatic rings. The summed E-state index contributed by atoms with van der Waals surface area (Å²) in [5.41, 5.74) is 0. The molecule has 0 amide bonds. The molecule has 0 heterocycles. The van der Waals surface area contributed by atoms with E-state index in [-0.39, 0.29) is 12.1 Å².